The number of carbonyl (C=O) groups excluding carboxylic acids is 3. The van der Waals surface area contributed by atoms with Gasteiger partial charge in [-0.3, -0.25) is 4.79 Å². The topological polar surface area (TPSA) is 170 Å². The predicted molar refractivity (Wildman–Crippen MR) is 135 cm³/mol. The molecule has 1 aromatic rings. The summed E-state index contributed by atoms with van der Waals surface area (Å²) in [5.74, 6) is -3.21. The van der Waals surface area contributed by atoms with Crippen molar-refractivity contribution in [2.45, 2.75) is 60.4 Å². The molecule has 0 saturated heterocycles. The fourth-order valence-electron chi connectivity index (χ4n) is 3.09. The van der Waals surface area contributed by atoms with Gasteiger partial charge in [0.25, 0.3) is 0 Å². The molecule has 0 aliphatic carbocycles. The SMILES string of the molecule is COC(=O)OCC(C)C(c1ccc(OC(=O)OCC(C)(C)C)c(OC(=O)OCC(C)(C)C)c1)[C@H](N)C(=O)O. The number of nitrogens with two attached hydrogens (primary N) is 1. The molecule has 3 N–H and O–H groups in total. The Labute approximate surface area is 222 Å². The van der Waals surface area contributed by atoms with Crippen molar-refractivity contribution in [3.8, 4) is 11.5 Å². The fourth-order valence-corrected chi connectivity index (χ4v) is 3.09. The molecule has 1 rings (SSSR count). The van der Waals surface area contributed by atoms with E-state index in [9.17, 15) is 24.3 Å². The second-order valence-corrected chi connectivity index (χ2v) is 11.2. The molecule has 0 aliphatic rings. The van der Waals surface area contributed by atoms with E-state index in [0.29, 0.717) is 5.56 Å². The number of ether oxygens (including phenoxy) is 6. The Morgan fingerprint density at radius 2 is 1.34 bits per heavy atom. The highest BCUT2D eigenvalue weighted by Crippen LogP contribution is 2.36. The highest BCUT2D eigenvalue weighted by molar-refractivity contribution is 5.75. The number of hydrogen-bond donors (Lipinski definition) is 2. The van der Waals surface area contributed by atoms with Crippen LogP contribution in [0.5, 0.6) is 11.5 Å². The first-order chi connectivity index (χ1) is 17.4. The van der Waals surface area contributed by atoms with Crippen LogP contribution in [0.4, 0.5) is 14.4 Å². The van der Waals surface area contributed by atoms with Gasteiger partial charge in [-0.25, -0.2) is 14.4 Å². The smallest absolute Gasteiger partial charge is 0.480 e. The van der Waals surface area contributed by atoms with Crippen LogP contribution in [-0.2, 0) is 23.7 Å². The first-order valence-electron chi connectivity index (χ1n) is 12.0. The van der Waals surface area contributed by atoms with Gasteiger partial charge in [0, 0.05) is 5.92 Å². The minimum Gasteiger partial charge on any atom is -0.480 e. The summed E-state index contributed by atoms with van der Waals surface area (Å²) in [5.41, 5.74) is 5.62. The standard InChI is InChI=1S/C26H39NO11/c1-15(12-34-22(30)33-8)19(20(27)21(28)29)16-9-10-17(37-23(31)35-13-25(2,3)4)18(11-16)38-24(32)36-14-26(5,6)7/h9-11,15,19-20H,12-14,27H2,1-8H3,(H,28,29)/t15?,19?,20-/m0/s1. The van der Waals surface area contributed by atoms with Gasteiger partial charge >= 0.3 is 24.4 Å². The molecule has 0 aromatic heterocycles. The number of aliphatic carboxylic acids is 1. The Hall–Kier alpha value is -3.54. The summed E-state index contributed by atoms with van der Waals surface area (Å²) in [4.78, 5) is 47.9. The zero-order valence-corrected chi connectivity index (χ0v) is 23.2. The lowest BCUT2D eigenvalue weighted by molar-refractivity contribution is -0.139. The van der Waals surface area contributed by atoms with Crippen molar-refractivity contribution in [3.63, 3.8) is 0 Å². The first kappa shape index (κ1) is 32.5. The largest absolute Gasteiger partial charge is 0.513 e. The lowest BCUT2D eigenvalue weighted by Crippen LogP contribution is -2.40. The number of hydrogen-bond acceptors (Lipinski definition) is 11. The van der Waals surface area contributed by atoms with Crippen LogP contribution >= 0.6 is 0 Å². The summed E-state index contributed by atoms with van der Waals surface area (Å²) in [6.45, 7) is 12.7. The van der Waals surface area contributed by atoms with Crippen molar-refractivity contribution in [1.29, 1.82) is 0 Å². The highest BCUT2D eigenvalue weighted by atomic mass is 16.7. The monoisotopic (exact) mass is 541 g/mol. The van der Waals surface area contributed by atoms with Crippen LogP contribution in [0.25, 0.3) is 0 Å². The van der Waals surface area contributed by atoms with Crippen LogP contribution in [0.3, 0.4) is 0 Å². The summed E-state index contributed by atoms with van der Waals surface area (Å²) in [6, 6.07) is 2.67. The summed E-state index contributed by atoms with van der Waals surface area (Å²) in [6.07, 6.45) is -3.03. The maximum atomic E-state index is 12.4. The molecule has 0 aliphatic heterocycles. The number of rotatable bonds is 10. The number of carboxylic acid groups (broad SMARTS) is 1. The number of methoxy groups -OCH3 is 1. The van der Waals surface area contributed by atoms with Gasteiger partial charge in [0.05, 0.1) is 26.9 Å². The maximum absolute atomic E-state index is 12.4. The highest BCUT2D eigenvalue weighted by Gasteiger charge is 2.33. The Kier molecular flexibility index (Phi) is 11.8. The first-order valence-corrected chi connectivity index (χ1v) is 12.0. The van der Waals surface area contributed by atoms with E-state index in [1.165, 1.54) is 18.2 Å². The van der Waals surface area contributed by atoms with Crippen LogP contribution in [-0.4, -0.2) is 62.5 Å². The molecule has 0 radical (unpaired) electrons. The van der Waals surface area contributed by atoms with Crippen LogP contribution in [0.15, 0.2) is 18.2 Å². The van der Waals surface area contributed by atoms with Crippen molar-refractivity contribution >= 4 is 24.4 Å². The Morgan fingerprint density at radius 1 is 0.842 bits per heavy atom. The zero-order chi connectivity index (χ0) is 29.3. The lowest BCUT2D eigenvalue weighted by Gasteiger charge is -2.27. The molecule has 214 valence electrons. The Morgan fingerprint density at radius 3 is 1.79 bits per heavy atom. The Balaban J connectivity index is 3.37. The van der Waals surface area contributed by atoms with E-state index in [4.69, 9.17) is 29.4 Å². The Bertz CT molecular complexity index is 978. The van der Waals surface area contributed by atoms with Crippen molar-refractivity contribution in [2.24, 2.45) is 22.5 Å². The summed E-state index contributed by atoms with van der Waals surface area (Å²) >= 11 is 0. The van der Waals surface area contributed by atoms with Crippen LogP contribution in [0.2, 0.25) is 0 Å². The maximum Gasteiger partial charge on any atom is 0.513 e. The zero-order valence-electron chi connectivity index (χ0n) is 23.2. The summed E-state index contributed by atoms with van der Waals surface area (Å²) < 4.78 is 30.3. The molecule has 0 amide bonds. The van der Waals surface area contributed by atoms with Gasteiger partial charge in [0.15, 0.2) is 11.5 Å². The van der Waals surface area contributed by atoms with Gasteiger partial charge in [-0.1, -0.05) is 54.5 Å². The lowest BCUT2D eigenvalue weighted by atomic mass is 9.82. The molecule has 0 bridgehead atoms. The molecule has 0 saturated carbocycles. The number of benzene rings is 1. The molecule has 2 unspecified atom stereocenters. The van der Waals surface area contributed by atoms with E-state index in [0.717, 1.165) is 7.11 Å². The molecule has 1 aromatic carbocycles. The van der Waals surface area contributed by atoms with Crippen LogP contribution in [0.1, 0.15) is 59.9 Å². The van der Waals surface area contributed by atoms with E-state index in [1.807, 2.05) is 41.5 Å². The van der Waals surface area contributed by atoms with E-state index >= 15 is 0 Å². The third kappa shape index (κ3) is 11.7. The van der Waals surface area contributed by atoms with Gasteiger partial charge in [0.1, 0.15) is 6.04 Å². The summed E-state index contributed by atoms with van der Waals surface area (Å²) in [7, 11) is 1.14. The second-order valence-electron chi connectivity index (χ2n) is 11.2. The fraction of sp³-hybridized carbons (Fsp3) is 0.615. The van der Waals surface area contributed by atoms with E-state index < -0.39 is 42.3 Å². The molecule has 12 nitrogen and oxygen atoms in total. The normalized spacial score (nSPS) is 13.9. The molecular formula is C26H39NO11. The molecule has 0 fully saturated rings. The average Bonchev–Trinajstić information content (AvgIpc) is 2.80. The average molecular weight is 542 g/mol. The van der Waals surface area contributed by atoms with Gasteiger partial charge in [-0.2, -0.15) is 0 Å². The minimum absolute atomic E-state index is 0.0454. The van der Waals surface area contributed by atoms with Gasteiger partial charge in [-0.15, -0.1) is 0 Å². The predicted octanol–water partition coefficient (Wildman–Crippen LogP) is 4.72. The molecular weight excluding hydrogens is 502 g/mol. The number of carbonyl (C=O) groups is 4. The van der Waals surface area contributed by atoms with Crippen LogP contribution in [0, 0.1) is 16.7 Å². The van der Waals surface area contributed by atoms with Crippen molar-refractivity contribution in [3.05, 3.63) is 23.8 Å². The van der Waals surface area contributed by atoms with E-state index in [2.05, 4.69) is 4.74 Å². The summed E-state index contributed by atoms with van der Waals surface area (Å²) in [5, 5.41) is 9.60. The van der Waals surface area contributed by atoms with E-state index in [1.54, 1.807) is 6.92 Å². The number of carboxylic acids is 1. The van der Waals surface area contributed by atoms with Gasteiger partial charge < -0.3 is 39.3 Å². The van der Waals surface area contributed by atoms with Crippen molar-refractivity contribution < 1.29 is 52.7 Å². The third-order valence-corrected chi connectivity index (χ3v) is 4.90. The molecule has 12 heteroatoms. The molecule has 0 spiro atoms. The van der Waals surface area contributed by atoms with Gasteiger partial charge in [0.2, 0.25) is 0 Å². The van der Waals surface area contributed by atoms with Gasteiger partial charge in [-0.05, 0) is 34.4 Å². The molecule has 0 heterocycles. The molecule has 38 heavy (non-hydrogen) atoms. The minimum atomic E-state index is -1.42. The van der Waals surface area contributed by atoms with Crippen LogP contribution < -0.4 is 15.2 Å². The van der Waals surface area contributed by atoms with Crippen molar-refractivity contribution in [2.75, 3.05) is 26.9 Å². The molecule has 3 atom stereocenters. The second kappa shape index (κ2) is 13.8. The van der Waals surface area contributed by atoms with Crippen molar-refractivity contribution in [1.82, 2.24) is 0 Å². The quantitative estimate of drug-likeness (QED) is 0.238. The van der Waals surface area contributed by atoms with E-state index in [-0.39, 0.29) is 42.1 Å². The third-order valence-electron chi connectivity index (χ3n) is 4.90.